The minimum absolute atomic E-state index is 0.0210. The largest absolute Gasteiger partial charge is 0.398 e. The number of piperidine rings is 1. The van der Waals surface area contributed by atoms with E-state index in [0.29, 0.717) is 4.90 Å². The van der Waals surface area contributed by atoms with Crippen molar-refractivity contribution in [2.24, 2.45) is 0 Å². The fourth-order valence-electron chi connectivity index (χ4n) is 2.27. The molecule has 3 amide bonds. The van der Waals surface area contributed by atoms with Crippen LogP contribution in [0.4, 0.5) is 10.1 Å². The van der Waals surface area contributed by atoms with Gasteiger partial charge in [0.2, 0.25) is 11.8 Å². The van der Waals surface area contributed by atoms with Crippen LogP contribution in [0.3, 0.4) is 0 Å². The number of carbonyl (C=O) groups excluding carboxylic acids is 3. The highest BCUT2D eigenvalue weighted by atomic mass is 19.1. The number of hydrogen-bond acceptors (Lipinski definition) is 4. The van der Waals surface area contributed by atoms with Crippen LogP contribution in [-0.2, 0) is 16.1 Å². The monoisotopic (exact) mass is 280 g/mol. The summed E-state index contributed by atoms with van der Waals surface area (Å²) in [6, 6.07) is -0.718. The Morgan fingerprint density at radius 1 is 1.45 bits per heavy atom. The van der Waals surface area contributed by atoms with Crippen LogP contribution in [-0.4, -0.2) is 28.6 Å². The van der Waals surface area contributed by atoms with Crippen molar-refractivity contribution in [1.82, 2.24) is 10.2 Å². The van der Waals surface area contributed by atoms with Gasteiger partial charge in [-0.15, -0.1) is 0 Å². The van der Waals surface area contributed by atoms with Gasteiger partial charge in [0, 0.05) is 32.5 Å². The zero-order valence-electron chi connectivity index (χ0n) is 13.2. The highest BCUT2D eigenvalue weighted by Gasteiger charge is 2.39. The standard InChI is InChI=1S/C13H12FN3O3/c14-6-3-7-8(9(15)4-6)5-17(13(7)20)10-1-2-11(18)16-12(10)19/h3-4,10H,1-2,5,15H2,(H,16,18,19)/t10-/m0/s1/i1D2,10D. The second kappa shape index (κ2) is 4.29. The molecule has 7 heteroatoms. The Bertz CT molecular complexity index is 770. The van der Waals surface area contributed by atoms with E-state index in [1.165, 1.54) is 0 Å². The number of rotatable bonds is 1. The van der Waals surface area contributed by atoms with Crippen molar-refractivity contribution in [3.63, 3.8) is 0 Å². The number of hydrogen-bond donors (Lipinski definition) is 2. The van der Waals surface area contributed by atoms with Crippen molar-refractivity contribution in [2.75, 3.05) is 5.73 Å². The van der Waals surface area contributed by atoms with Gasteiger partial charge in [-0.1, -0.05) is 0 Å². The van der Waals surface area contributed by atoms with Crippen molar-refractivity contribution in [3.8, 4) is 0 Å². The van der Waals surface area contributed by atoms with Crippen molar-refractivity contribution < 1.29 is 22.9 Å². The molecule has 0 spiro atoms. The molecule has 3 rings (SSSR count). The predicted molar refractivity (Wildman–Crippen MR) is 66.9 cm³/mol. The lowest BCUT2D eigenvalue weighted by Crippen LogP contribution is -2.52. The normalized spacial score (nSPS) is 30.4. The molecule has 0 radical (unpaired) electrons. The van der Waals surface area contributed by atoms with Crippen molar-refractivity contribution >= 4 is 23.4 Å². The zero-order valence-corrected chi connectivity index (χ0v) is 10.2. The molecule has 1 fully saturated rings. The molecule has 0 bridgehead atoms. The number of nitrogen functional groups attached to an aromatic ring is 1. The van der Waals surface area contributed by atoms with Gasteiger partial charge in [-0.2, -0.15) is 0 Å². The molecule has 0 aromatic heterocycles. The summed E-state index contributed by atoms with van der Waals surface area (Å²) in [5.74, 6) is -3.73. The van der Waals surface area contributed by atoms with Crippen molar-refractivity contribution in [2.45, 2.75) is 25.4 Å². The molecule has 2 heterocycles. The van der Waals surface area contributed by atoms with Crippen LogP contribution >= 0.6 is 0 Å². The summed E-state index contributed by atoms with van der Waals surface area (Å²) in [6.45, 7) is -0.315. The summed E-state index contributed by atoms with van der Waals surface area (Å²) in [5.41, 5.74) is 5.75. The molecule has 0 aliphatic carbocycles. The van der Waals surface area contributed by atoms with Gasteiger partial charge in [-0.3, -0.25) is 19.7 Å². The summed E-state index contributed by atoms with van der Waals surface area (Å²) in [6.07, 6.45) is -3.34. The fourth-order valence-corrected chi connectivity index (χ4v) is 2.27. The van der Waals surface area contributed by atoms with Gasteiger partial charge in [0.15, 0.2) is 0 Å². The van der Waals surface area contributed by atoms with Gasteiger partial charge < -0.3 is 10.6 Å². The van der Waals surface area contributed by atoms with E-state index < -0.39 is 42.4 Å². The first-order valence-corrected chi connectivity index (χ1v) is 5.82. The number of benzene rings is 1. The smallest absolute Gasteiger partial charge is 0.255 e. The molecule has 6 nitrogen and oxygen atoms in total. The minimum atomic E-state index is -2.65. The maximum atomic E-state index is 13.4. The molecule has 1 saturated heterocycles. The third kappa shape index (κ3) is 1.82. The van der Waals surface area contributed by atoms with Crippen LogP contribution in [0.1, 0.15) is 32.8 Å². The summed E-state index contributed by atoms with van der Waals surface area (Å²) >= 11 is 0. The lowest BCUT2D eigenvalue weighted by Gasteiger charge is -2.29. The molecule has 1 aromatic rings. The summed E-state index contributed by atoms with van der Waals surface area (Å²) in [7, 11) is 0. The van der Waals surface area contributed by atoms with Crippen molar-refractivity contribution in [3.05, 3.63) is 29.1 Å². The number of fused-ring (bicyclic) bond motifs is 1. The second-order valence-corrected chi connectivity index (χ2v) is 4.49. The molecule has 0 unspecified atom stereocenters. The first-order chi connectivity index (χ1) is 10.6. The number of imide groups is 1. The maximum absolute atomic E-state index is 13.4. The highest BCUT2D eigenvalue weighted by Crippen LogP contribution is 2.31. The second-order valence-electron chi connectivity index (χ2n) is 4.49. The number of halogens is 1. The van der Waals surface area contributed by atoms with Gasteiger partial charge in [-0.25, -0.2) is 4.39 Å². The first kappa shape index (κ1) is 9.46. The van der Waals surface area contributed by atoms with E-state index in [1.807, 2.05) is 5.32 Å². The molecule has 2 aliphatic heterocycles. The van der Waals surface area contributed by atoms with E-state index >= 15 is 0 Å². The lowest BCUT2D eigenvalue weighted by atomic mass is 10.0. The fraction of sp³-hybridized carbons (Fsp3) is 0.308. The highest BCUT2D eigenvalue weighted by molar-refractivity contribution is 6.06. The minimum Gasteiger partial charge on any atom is -0.398 e. The molecule has 1 aromatic carbocycles. The van der Waals surface area contributed by atoms with Crippen LogP contribution < -0.4 is 11.1 Å². The molecule has 20 heavy (non-hydrogen) atoms. The third-order valence-electron chi connectivity index (χ3n) is 3.20. The summed E-state index contributed by atoms with van der Waals surface area (Å²) in [5, 5.41) is 1.87. The van der Waals surface area contributed by atoms with E-state index in [2.05, 4.69) is 0 Å². The Balaban J connectivity index is 2.09. The topological polar surface area (TPSA) is 92.5 Å². The van der Waals surface area contributed by atoms with Gasteiger partial charge >= 0.3 is 0 Å². The average molecular weight is 280 g/mol. The number of nitrogens with two attached hydrogens (primary N) is 1. The maximum Gasteiger partial charge on any atom is 0.255 e. The van der Waals surface area contributed by atoms with Gasteiger partial charge in [0.05, 0.1) is 1.37 Å². The van der Waals surface area contributed by atoms with Crippen LogP contribution in [0.2, 0.25) is 0 Å². The third-order valence-corrected chi connectivity index (χ3v) is 3.20. The Morgan fingerprint density at radius 3 is 2.90 bits per heavy atom. The Hall–Kier alpha value is -2.44. The number of amides is 3. The number of anilines is 1. The zero-order chi connectivity index (χ0) is 17.2. The molecule has 1 atom stereocenters. The van der Waals surface area contributed by atoms with E-state index in [9.17, 15) is 18.8 Å². The van der Waals surface area contributed by atoms with E-state index in [4.69, 9.17) is 9.85 Å². The molecule has 2 aliphatic rings. The first-order valence-electron chi connectivity index (χ1n) is 7.32. The number of carbonyl (C=O) groups is 3. The van der Waals surface area contributed by atoms with Crippen LogP contribution in [0.5, 0.6) is 0 Å². The van der Waals surface area contributed by atoms with Crippen LogP contribution in [0, 0.1) is 5.82 Å². The Labute approximate surface area is 117 Å². The number of nitrogens with one attached hydrogen (secondary N) is 1. The van der Waals surface area contributed by atoms with Crippen molar-refractivity contribution in [1.29, 1.82) is 0 Å². The molecule has 0 saturated carbocycles. The molecule has 3 N–H and O–H groups in total. The van der Waals surface area contributed by atoms with Crippen LogP contribution in [0.15, 0.2) is 12.1 Å². The predicted octanol–water partition coefficient (Wildman–Crippen LogP) is 0.169. The number of nitrogens with zero attached hydrogens (tertiary/aromatic N) is 1. The Morgan fingerprint density at radius 2 is 2.20 bits per heavy atom. The van der Waals surface area contributed by atoms with Gasteiger partial charge in [-0.05, 0) is 18.5 Å². The van der Waals surface area contributed by atoms with Crippen LogP contribution in [0.25, 0.3) is 0 Å². The van der Waals surface area contributed by atoms with E-state index in [0.717, 1.165) is 12.1 Å². The summed E-state index contributed by atoms with van der Waals surface area (Å²) in [4.78, 5) is 36.6. The van der Waals surface area contributed by atoms with E-state index in [1.54, 1.807) is 0 Å². The quantitative estimate of drug-likeness (QED) is 0.566. The summed E-state index contributed by atoms with van der Waals surface area (Å²) < 4.78 is 37.5. The van der Waals surface area contributed by atoms with E-state index in [-0.39, 0.29) is 23.4 Å². The van der Waals surface area contributed by atoms with Gasteiger partial charge in [0.1, 0.15) is 11.8 Å². The molecule has 104 valence electrons. The molecular formula is C13H12FN3O3. The average Bonchev–Trinajstić information content (AvgIpc) is 2.73. The van der Waals surface area contributed by atoms with Gasteiger partial charge in [0.25, 0.3) is 5.91 Å². The molecular weight excluding hydrogens is 265 g/mol. The SMILES string of the molecule is [2H]C1([2H])CC(=O)NC(=O)[C@@]1([2H])N1Cc2c(N)cc(F)cc2C1=O. The Kier molecular flexibility index (Phi) is 2.03. The lowest BCUT2D eigenvalue weighted by molar-refractivity contribution is -0.136.